The number of amides is 1. The smallest absolute Gasteiger partial charge is 0.332 e. The van der Waals surface area contributed by atoms with Crippen LogP contribution in [0.5, 0.6) is 0 Å². The SMILES string of the molecule is CCc1ccc(-n2c(C)cc(/C=N\NC(=O)Cc3csc(Nc4cccc(C(F)(F)F)c4)n3)c2C)cc1. The van der Waals surface area contributed by atoms with Crippen LogP contribution in [0, 0.1) is 13.8 Å². The minimum Gasteiger partial charge on any atom is -0.332 e. The van der Waals surface area contributed by atoms with Gasteiger partial charge in [-0.3, -0.25) is 4.79 Å². The normalized spacial score (nSPS) is 11.7. The van der Waals surface area contributed by atoms with E-state index in [4.69, 9.17) is 0 Å². The minimum absolute atomic E-state index is 0.0130. The van der Waals surface area contributed by atoms with Crippen molar-refractivity contribution in [1.82, 2.24) is 15.0 Å². The molecule has 10 heteroatoms. The van der Waals surface area contributed by atoms with Crippen molar-refractivity contribution in [1.29, 1.82) is 0 Å². The first-order valence-electron chi connectivity index (χ1n) is 11.6. The number of hydrazone groups is 1. The van der Waals surface area contributed by atoms with Crippen molar-refractivity contribution in [2.24, 2.45) is 5.10 Å². The maximum absolute atomic E-state index is 12.9. The topological polar surface area (TPSA) is 71.3 Å². The Labute approximate surface area is 216 Å². The third-order valence-corrected chi connectivity index (χ3v) is 6.61. The lowest BCUT2D eigenvalue weighted by Crippen LogP contribution is -2.20. The molecule has 2 aromatic heterocycles. The summed E-state index contributed by atoms with van der Waals surface area (Å²) in [4.78, 5) is 16.6. The average Bonchev–Trinajstić information content (AvgIpc) is 3.41. The third kappa shape index (κ3) is 6.45. The zero-order valence-corrected chi connectivity index (χ0v) is 21.4. The summed E-state index contributed by atoms with van der Waals surface area (Å²) in [5, 5.41) is 9.02. The van der Waals surface area contributed by atoms with Gasteiger partial charge >= 0.3 is 6.18 Å². The molecule has 4 rings (SSSR count). The monoisotopic (exact) mass is 525 g/mol. The van der Waals surface area contributed by atoms with E-state index in [0.29, 0.717) is 10.8 Å². The Balaban J connectivity index is 1.35. The predicted molar refractivity (Wildman–Crippen MR) is 141 cm³/mol. The van der Waals surface area contributed by atoms with Crippen molar-refractivity contribution in [3.8, 4) is 5.69 Å². The van der Waals surface area contributed by atoms with E-state index in [9.17, 15) is 18.0 Å². The van der Waals surface area contributed by atoms with Gasteiger partial charge in [-0.1, -0.05) is 25.1 Å². The van der Waals surface area contributed by atoms with Gasteiger partial charge in [0, 0.05) is 33.7 Å². The predicted octanol–water partition coefficient (Wildman–Crippen LogP) is 6.57. The van der Waals surface area contributed by atoms with Crippen molar-refractivity contribution in [3.05, 3.63) is 93.7 Å². The van der Waals surface area contributed by atoms with Gasteiger partial charge in [0.1, 0.15) is 0 Å². The maximum Gasteiger partial charge on any atom is 0.416 e. The Morgan fingerprint density at radius 2 is 1.89 bits per heavy atom. The number of thiazole rings is 1. The number of nitrogens with one attached hydrogen (secondary N) is 2. The lowest BCUT2D eigenvalue weighted by atomic mass is 10.1. The zero-order valence-electron chi connectivity index (χ0n) is 20.6. The van der Waals surface area contributed by atoms with Gasteiger partial charge in [0.15, 0.2) is 5.13 Å². The molecule has 4 aromatic rings. The highest BCUT2D eigenvalue weighted by atomic mass is 32.1. The van der Waals surface area contributed by atoms with Crippen LogP contribution in [-0.4, -0.2) is 21.7 Å². The van der Waals surface area contributed by atoms with Crippen LogP contribution >= 0.6 is 11.3 Å². The number of carbonyl (C=O) groups excluding carboxylic acids is 1. The Kier molecular flexibility index (Phi) is 7.77. The van der Waals surface area contributed by atoms with E-state index in [0.717, 1.165) is 41.2 Å². The molecule has 2 aromatic carbocycles. The molecule has 0 aliphatic heterocycles. The quantitative estimate of drug-likeness (QED) is 0.202. The number of aryl methyl sites for hydroxylation is 2. The van der Waals surface area contributed by atoms with Gasteiger partial charge in [0.25, 0.3) is 0 Å². The van der Waals surface area contributed by atoms with Gasteiger partial charge in [-0.05, 0) is 62.2 Å². The lowest BCUT2D eigenvalue weighted by molar-refractivity contribution is -0.137. The molecule has 0 radical (unpaired) electrons. The molecule has 192 valence electrons. The van der Waals surface area contributed by atoms with Crippen molar-refractivity contribution >= 4 is 34.3 Å². The average molecular weight is 526 g/mol. The second-order valence-corrected chi connectivity index (χ2v) is 9.36. The second-order valence-electron chi connectivity index (χ2n) is 8.50. The molecule has 0 fully saturated rings. The molecular formula is C27H26F3N5OS. The Hall–Kier alpha value is -3.92. The first-order valence-corrected chi connectivity index (χ1v) is 12.5. The molecule has 2 heterocycles. The Bertz CT molecular complexity index is 1420. The lowest BCUT2D eigenvalue weighted by Gasteiger charge is -2.10. The van der Waals surface area contributed by atoms with E-state index in [1.807, 2.05) is 19.9 Å². The van der Waals surface area contributed by atoms with E-state index in [-0.39, 0.29) is 18.0 Å². The highest BCUT2D eigenvalue weighted by Crippen LogP contribution is 2.32. The summed E-state index contributed by atoms with van der Waals surface area (Å²) >= 11 is 1.20. The van der Waals surface area contributed by atoms with Crippen LogP contribution in [0.3, 0.4) is 0 Å². The van der Waals surface area contributed by atoms with E-state index in [2.05, 4.69) is 56.6 Å². The first-order chi connectivity index (χ1) is 17.6. The van der Waals surface area contributed by atoms with Crippen LogP contribution in [0.1, 0.15) is 40.7 Å². The van der Waals surface area contributed by atoms with Gasteiger partial charge in [0.05, 0.1) is 23.9 Å². The highest BCUT2D eigenvalue weighted by molar-refractivity contribution is 7.13. The molecule has 0 saturated heterocycles. The summed E-state index contributed by atoms with van der Waals surface area (Å²) in [5.41, 5.74) is 7.80. The molecule has 0 bridgehead atoms. The summed E-state index contributed by atoms with van der Waals surface area (Å²) in [6, 6.07) is 15.3. The number of rotatable bonds is 8. The molecular weight excluding hydrogens is 499 g/mol. The number of anilines is 2. The van der Waals surface area contributed by atoms with Gasteiger partial charge in [-0.15, -0.1) is 11.3 Å². The van der Waals surface area contributed by atoms with Gasteiger partial charge < -0.3 is 9.88 Å². The van der Waals surface area contributed by atoms with Crippen LogP contribution in [-0.2, 0) is 23.8 Å². The van der Waals surface area contributed by atoms with Crippen LogP contribution in [0.2, 0.25) is 0 Å². The van der Waals surface area contributed by atoms with Crippen LogP contribution in [0.25, 0.3) is 5.69 Å². The fourth-order valence-corrected chi connectivity index (χ4v) is 4.65. The fraction of sp³-hybridized carbons (Fsp3) is 0.222. The number of carbonyl (C=O) groups is 1. The summed E-state index contributed by atoms with van der Waals surface area (Å²) in [5.74, 6) is -0.351. The fourth-order valence-electron chi connectivity index (χ4n) is 3.92. The minimum atomic E-state index is -4.43. The van der Waals surface area contributed by atoms with Crippen LogP contribution in [0.4, 0.5) is 24.0 Å². The molecule has 0 spiro atoms. The largest absolute Gasteiger partial charge is 0.416 e. The maximum atomic E-state index is 12.9. The number of hydrogen-bond donors (Lipinski definition) is 2. The standard InChI is InChI=1S/C27H26F3N5OS/c1-4-19-8-10-24(11-9-19)35-17(2)12-20(18(35)3)15-31-34-25(36)14-23-16-37-26(33-23)32-22-7-5-6-21(13-22)27(28,29)30/h5-13,15-16H,4,14H2,1-3H3,(H,32,33)(H,34,36)/b31-15-. The molecule has 1 amide bonds. The van der Waals surface area contributed by atoms with E-state index in [1.54, 1.807) is 11.6 Å². The molecule has 0 atom stereocenters. The number of halogens is 3. The Morgan fingerprint density at radius 1 is 1.14 bits per heavy atom. The summed E-state index contributed by atoms with van der Waals surface area (Å²) in [6.45, 7) is 6.14. The molecule has 0 aliphatic rings. The van der Waals surface area contributed by atoms with Crippen molar-refractivity contribution in [2.75, 3.05) is 5.32 Å². The molecule has 0 aliphatic carbocycles. The summed E-state index contributed by atoms with van der Waals surface area (Å²) in [6.07, 6.45) is -1.85. The molecule has 0 saturated carbocycles. The summed E-state index contributed by atoms with van der Waals surface area (Å²) < 4.78 is 40.9. The third-order valence-electron chi connectivity index (χ3n) is 5.80. The second kappa shape index (κ2) is 11.0. The van der Waals surface area contributed by atoms with E-state index < -0.39 is 11.7 Å². The van der Waals surface area contributed by atoms with Crippen molar-refractivity contribution in [2.45, 2.75) is 39.8 Å². The van der Waals surface area contributed by atoms with E-state index >= 15 is 0 Å². The zero-order chi connectivity index (χ0) is 26.6. The van der Waals surface area contributed by atoms with Crippen molar-refractivity contribution < 1.29 is 18.0 Å². The van der Waals surface area contributed by atoms with Crippen LogP contribution < -0.4 is 10.7 Å². The molecule has 0 unspecified atom stereocenters. The number of benzene rings is 2. The van der Waals surface area contributed by atoms with Crippen molar-refractivity contribution in [3.63, 3.8) is 0 Å². The van der Waals surface area contributed by atoms with Gasteiger partial charge in [-0.2, -0.15) is 18.3 Å². The van der Waals surface area contributed by atoms with Gasteiger partial charge in [-0.25, -0.2) is 10.4 Å². The Morgan fingerprint density at radius 3 is 2.59 bits per heavy atom. The molecule has 37 heavy (non-hydrogen) atoms. The number of aromatic nitrogens is 2. The number of nitrogens with zero attached hydrogens (tertiary/aromatic N) is 3. The molecule has 2 N–H and O–H groups in total. The number of alkyl halides is 3. The number of hydrogen-bond acceptors (Lipinski definition) is 5. The summed E-state index contributed by atoms with van der Waals surface area (Å²) in [7, 11) is 0. The highest BCUT2D eigenvalue weighted by Gasteiger charge is 2.30. The van der Waals surface area contributed by atoms with E-state index in [1.165, 1.54) is 29.0 Å². The molecule has 6 nitrogen and oxygen atoms in total. The van der Waals surface area contributed by atoms with Gasteiger partial charge in [0.2, 0.25) is 5.91 Å². The first kappa shape index (κ1) is 26.2. The van der Waals surface area contributed by atoms with Crippen LogP contribution in [0.15, 0.2) is 65.1 Å².